The van der Waals surface area contributed by atoms with E-state index in [2.05, 4.69) is 0 Å². The third kappa shape index (κ3) is 2.87. The Morgan fingerprint density at radius 1 is 1.38 bits per heavy atom. The topological polar surface area (TPSA) is 76.0 Å². The highest BCUT2D eigenvalue weighted by Gasteiger charge is 2.16. The molecule has 16 heavy (non-hydrogen) atoms. The number of carboxylic acids is 1. The first-order valence-corrected chi connectivity index (χ1v) is 4.70. The lowest BCUT2D eigenvalue weighted by molar-refractivity contribution is -0.146. The smallest absolute Gasteiger partial charge is 0.332 e. The molecule has 0 bridgehead atoms. The van der Waals surface area contributed by atoms with E-state index in [1.165, 1.54) is 14.2 Å². The molecular formula is C11H14O5. The van der Waals surface area contributed by atoms with Gasteiger partial charge in [-0.3, -0.25) is 0 Å². The summed E-state index contributed by atoms with van der Waals surface area (Å²) in [5.41, 5.74) is 0.594. The van der Waals surface area contributed by atoms with E-state index in [0.29, 0.717) is 17.1 Å². The van der Waals surface area contributed by atoms with E-state index in [1.54, 1.807) is 18.2 Å². The van der Waals surface area contributed by atoms with Crippen LogP contribution in [0.3, 0.4) is 0 Å². The van der Waals surface area contributed by atoms with Crippen LogP contribution in [-0.4, -0.2) is 36.5 Å². The van der Waals surface area contributed by atoms with Gasteiger partial charge in [0.25, 0.3) is 0 Å². The minimum Gasteiger partial charge on any atom is -0.497 e. The van der Waals surface area contributed by atoms with Crippen LogP contribution in [-0.2, 0) is 11.2 Å². The molecule has 0 aliphatic rings. The summed E-state index contributed by atoms with van der Waals surface area (Å²) in [7, 11) is 3.00. The fraction of sp³-hybridized carbons (Fsp3) is 0.364. The van der Waals surface area contributed by atoms with E-state index >= 15 is 0 Å². The number of hydrogen-bond acceptors (Lipinski definition) is 4. The highest BCUT2D eigenvalue weighted by molar-refractivity contribution is 5.72. The van der Waals surface area contributed by atoms with E-state index in [9.17, 15) is 9.90 Å². The number of aliphatic hydroxyl groups excluding tert-OH is 1. The standard InChI is InChI=1S/C11H14O5/c1-15-8-3-4-10(16-2)7(5-8)6-9(12)11(13)14/h3-5,9,12H,6H2,1-2H3,(H,13,14). The Bertz CT molecular complexity index is 375. The van der Waals surface area contributed by atoms with Crippen LogP contribution in [0.5, 0.6) is 11.5 Å². The third-order valence-electron chi connectivity index (χ3n) is 2.19. The summed E-state index contributed by atoms with van der Waals surface area (Å²) < 4.78 is 10.1. The summed E-state index contributed by atoms with van der Waals surface area (Å²) >= 11 is 0. The van der Waals surface area contributed by atoms with Gasteiger partial charge in [-0.15, -0.1) is 0 Å². The van der Waals surface area contributed by atoms with Gasteiger partial charge in [0.1, 0.15) is 11.5 Å². The van der Waals surface area contributed by atoms with Gasteiger partial charge in [0.2, 0.25) is 0 Å². The number of aliphatic carboxylic acids is 1. The summed E-state index contributed by atoms with van der Waals surface area (Å²) in [5, 5.41) is 17.9. The molecule has 1 atom stereocenters. The van der Waals surface area contributed by atoms with Gasteiger partial charge in [-0.1, -0.05) is 0 Å². The highest BCUT2D eigenvalue weighted by atomic mass is 16.5. The summed E-state index contributed by atoms with van der Waals surface area (Å²) in [6.07, 6.45) is -1.46. The molecule has 0 aliphatic heterocycles. The van der Waals surface area contributed by atoms with E-state index < -0.39 is 12.1 Å². The van der Waals surface area contributed by atoms with Crippen molar-refractivity contribution in [1.82, 2.24) is 0 Å². The molecule has 0 saturated heterocycles. The molecule has 0 aliphatic carbocycles. The third-order valence-corrected chi connectivity index (χ3v) is 2.19. The Morgan fingerprint density at radius 3 is 2.56 bits per heavy atom. The maximum Gasteiger partial charge on any atom is 0.332 e. The van der Waals surface area contributed by atoms with E-state index in [0.717, 1.165) is 0 Å². The Balaban J connectivity index is 2.95. The van der Waals surface area contributed by atoms with Crippen LogP contribution in [0, 0.1) is 0 Å². The monoisotopic (exact) mass is 226 g/mol. The Morgan fingerprint density at radius 2 is 2.06 bits per heavy atom. The van der Waals surface area contributed by atoms with Crippen molar-refractivity contribution in [2.45, 2.75) is 12.5 Å². The molecule has 5 nitrogen and oxygen atoms in total. The number of aliphatic hydroxyl groups is 1. The van der Waals surface area contributed by atoms with Crippen molar-refractivity contribution in [3.8, 4) is 11.5 Å². The molecule has 1 unspecified atom stereocenters. The quantitative estimate of drug-likeness (QED) is 0.772. The van der Waals surface area contributed by atoms with Gasteiger partial charge < -0.3 is 19.7 Å². The maximum atomic E-state index is 10.5. The van der Waals surface area contributed by atoms with Gasteiger partial charge >= 0.3 is 5.97 Å². The molecule has 0 radical (unpaired) electrons. The minimum absolute atomic E-state index is 0.0181. The predicted octanol–water partition coefficient (Wildman–Crippen LogP) is 0.692. The summed E-state index contributed by atoms with van der Waals surface area (Å²) in [5.74, 6) is -0.139. The molecule has 0 aromatic heterocycles. The fourth-order valence-corrected chi connectivity index (χ4v) is 1.34. The van der Waals surface area contributed by atoms with Crippen LogP contribution in [0.4, 0.5) is 0 Å². The molecule has 1 rings (SSSR count). The number of carboxylic acid groups (broad SMARTS) is 1. The zero-order valence-electron chi connectivity index (χ0n) is 9.14. The van der Waals surface area contributed by atoms with Crippen LogP contribution in [0.2, 0.25) is 0 Å². The zero-order valence-corrected chi connectivity index (χ0v) is 9.14. The molecule has 0 amide bonds. The molecule has 5 heteroatoms. The molecule has 1 aromatic carbocycles. The first-order chi connectivity index (χ1) is 7.58. The molecule has 0 fully saturated rings. The largest absolute Gasteiger partial charge is 0.497 e. The number of rotatable bonds is 5. The average Bonchev–Trinajstić information content (AvgIpc) is 2.28. The van der Waals surface area contributed by atoms with Crippen LogP contribution in [0.25, 0.3) is 0 Å². The molecular weight excluding hydrogens is 212 g/mol. The van der Waals surface area contributed by atoms with Crippen molar-refractivity contribution in [2.75, 3.05) is 14.2 Å². The summed E-state index contributed by atoms with van der Waals surface area (Å²) in [6, 6.07) is 5.02. The van der Waals surface area contributed by atoms with E-state index in [1.807, 2.05) is 0 Å². The maximum absolute atomic E-state index is 10.5. The SMILES string of the molecule is COc1ccc(OC)c(CC(O)C(=O)O)c1. The van der Waals surface area contributed by atoms with Gasteiger partial charge in [0, 0.05) is 12.0 Å². The molecule has 2 N–H and O–H groups in total. The lowest BCUT2D eigenvalue weighted by Crippen LogP contribution is -2.22. The Kier molecular flexibility index (Phi) is 4.13. The van der Waals surface area contributed by atoms with E-state index in [-0.39, 0.29) is 6.42 Å². The van der Waals surface area contributed by atoms with Gasteiger partial charge in [0.05, 0.1) is 14.2 Å². The van der Waals surface area contributed by atoms with Crippen molar-refractivity contribution in [1.29, 1.82) is 0 Å². The van der Waals surface area contributed by atoms with Crippen molar-refractivity contribution < 1.29 is 24.5 Å². The van der Waals surface area contributed by atoms with E-state index in [4.69, 9.17) is 14.6 Å². The Labute approximate surface area is 93.2 Å². The van der Waals surface area contributed by atoms with Crippen LogP contribution < -0.4 is 9.47 Å². The number of benzene rings is 1. The van der Waals surface area contributed by atoms with Gasteiger partial charge in [0.15, 0.2) is 6.10 Å². The second-order valence-electron chi connectivity index (χ2n) is 3.24. The second-order valence-corrected chi connectivity index (χ2v) is 3.24. The van der Waals surface area contributed by atoms with Crippen LogP contribution >= 0.6 is 0 Å². The van der Waals surface area contributed by atoms with Crippen molar-refractivity contribution in [3.63, 3.8) is 0 Å². The molecule has 0 saturated carbocycles. The van der Waals surface area contributed by atoms with Crippen molar-refractivity contribution >= 4 is 5.97 Å². The molecule has 1 aromatic rings. The number of hydrogen-bond donors (Lipinski definition) is 2. The lowest BCUT2D eigenvalue weighted by Gasteiger charge is -2.11. The van der Waals surface area contributed by atoms with Crippen molar-refractivity contribution in [2.24, 2.45) is 0 Å². The van der Waals surface area contributed by atoms with Crippen molar-refractivity contribution in [3.05, 3.63) is 23.8 Å². The summed E-state index contributed by atoms with van der Waals surface area (Å²) in [4.78, 5) is 10.5. The van der Waals surface area contributed by atoms with Crippen LogP contribution in [0.15, 0.2) is 18.2 Å². The normalized spacial score (nSPS) is 11.9. The molecule has 0 heterocycles. The minimum atomic E-state index is -1.44. The molecule has 88 valence electrons. The Hall–Kier alpha value is -1.75. The van der Waals surface area contributed by atoms with Crippen LogP contribution in [0.1, 0.15) is 5.56 Å². The number of carbonyl (C=O) groups is 1. The lowest BCUT2D eigenvalue weighted by atomic mass is 10.1. The van der Waals surface area contributed by atoms with Gasteiger partial charge in [-0.05, 0) is 18.2 Å². The van der Waals surface area contributed by atoms with Gasteiger partial charge in [-0.25, -0.2) is 4.79 Å². The first kappa shape index (κ1) is 12.3. The number of ether oxygens (including phenoxy) is 2. The van der Waals surface area contributed by atoms with Gasteiger partial charge in [-0.2, -0.15) is 0 Å². The molecule has 0 spiro atoms. The average molecular weight is 226 g/mol. The summed E-state index contributed by atoms with van der Waals surface area (Å²) in [6.45, 7) is 0. The fourth-order valence-electron chi connectivity index (χ4n) is 1.34. The highest BCUT2D eigenvalue weighted by Crippen LogP contribution is 2.25. The zero-order chi connectivity index (χ0) is 12.1. The number of methoxy groups -OCH3 is 2. The predicted molar refractivity (Wildman–Crippen MR) is 56.9 cm³/mol. The second kappa shape index (κ2) is 5.37. The first-order valence-electron chi connectivity index (χ1n) is 4.70.